The molecule has 0 aromatic heterocycles. The van der Waals surface area contributed by atoms with Gasteiger partial charge < -0.3 is 4.74 Å². The normalized spacial score (nSPS) is 27.3. The van der Waals surface area contributed by atoms with Crippen molar-refractivity contribution in [1.82, 2.24) is 0 Å². The fourth-order valence-electron chi connectivity index (χ4n) is 1.65. The standard InChI is InChI=1S/C10H15NO4/c1-3-8(11(13)14)7-10(2)5-4-6-15-9(10)12/h7H,3-6H2,1-2H3/b8-7+/t10-/m0/s1. The molecule has 1 rings (SSSR count). The molecule has 0 bridgehead atoms. The first-order chi connectivity index (χ1) is 6.99. The fourth-order valence-corrected chi connectivity index (χ4v) is 1.65. The number of carbonyl (C=O) groups excluding carboxylic acids is 1. The lowest BCUT2D eigenvalue weighted by Crippen LogP contribution is -2.33. The average molecular weight is 213 g/mol. The zero-order valence-corrected chi connectivity index (χ0v) is 8.99. The number of allylic oxidation sites excluding steroid dienone is 1. The van der Waals surface area contributed by atoms with Crippen molar-refractivity contribution in [2.45, 2.75) is 33.1 Å². The molecule has 84 valence electrons. The van der Waals surface area contributed by atoms with E-state index in [4.69, 9.17) is 4.74 Å². The minimum atomic E-state index is -0.823. The summed E-state index contributed by atoms with van der Waals surface area (Å²) < 4.78 is 4.91. The van der Waals surface area contributed by atoms with E-state index in [9.17, 15) is 14.9 Å². The van der Waals surface area contributed by atoms with Crippen LogP contribution in [0, 0.1) is 15.5 Å². The third-order valence-corrected chi connectivity index (χ3v) is 2.62. The van der Waals surface area contributed by atoms with Crippen molar-refractivity contribution in [3.05, 3.63) is 21.9 Å². The summed E-state index contributed by atoms with van der Waals surface area (Å²) in [6, 6.07) is 0. The molecule has 0 saturated carbocycles. The van der Waals surface area contributed by atoms with E-state index in [-0.39, 0.29) is 11.7 Å². The first kappa shape index (κ1) is 11.7. The van der Waals surface area contributed by atoms with Gasteiger partial charge in [0.05, 0.1) is 16.9 Å². The molecule has 0 aromatic rings. The number of carbonyl (C=O) groups is 1. The molecule has 0 N–H and O–H groups in total. The average Bonchev–Trinajstić information content (AvgIpc) is 2.19. The summed E-state index contributed by atoms with van der Waals surface area (Å²) in [5.74, 6) is -0.360. The summed E-state index contributed by atoms with van der Waals surface area (Å²) in [7, 11) is 0. The van der Waals surface area contributed by atoms with Gasteiger partial charge in [-0.15, -0.1) is 0 Å². The van der Waals surface area contributed by atoms with Crippen molar-refractivity contribution in [3.63, 3.8) is 0 Å². The molecular weight excluding hydrogens is 198 g/mol. The van der Waals surface area contributed by atoms with Crippen LogP contribution in [0.3, 0.4) is 0 Å². The summed E-state index contributed by atoms with van der Waals surface area (Å²) in [4.78, 5) is 21.7. The second-order valence-corrected chi connectivity index (χ2v) is 3.90. The Morgan fingerprint density at radius 2 is 2.40 bits per heavy atom. The van der Waals surface area contributed by atoms with Gasteiger partial charge in [0.25, 0.3) is 0 Å². The van der Waals surface area contributed by atoms with Gasteiger partial charge in [-0.1, -0.05) is 6.92 Å². The van der Waals surface area contributed by atoms with Crippen molar-refractivity contribution in [2.75, 3.05) is 6.61 Å². The van der Waals surface area contributed by atoms with Crippen molar-refractivity contribution in [3.8, 4) is 0 Å². The third-order valence-electron chi connectivity index (χ3n) is 2.62. The second kappa shape index (κ2) is 4.42. The lowest BCUT2D eigenvalue weighted by molar-refractivity contribution is -0.428. The molecule has 0 radical (unpaired) electrons. The van der Waals surface area contributed by atoms with Crippen LogP contribution in [0.1, 0.15) is 33.1 Å². The van der Waals surface area contributed by atoms with E-state index in [0.29, 0.717) is 19.4 Å². The Hall–Kier alpha value is -1.39. The van der Waals surface area contributed by atoms with E-state index in [1.54, 1.807) is 13.8 Å². The van der Waals surface area contributed by atoms with Crippen LogP contribution in [0.4, 0.5) is 0 Å². The summed E-state index contributed by atoms with van der Waals surface area (Å²) in [6.07, 6.45) is 3.13. The zero-order chi connectivity index (χ0) is 11.5. The number of nitro groups is 1. The van der Waals surface area contributed by atoms with Crippen molar-refractivity contribution in [2.24, 2.45) is 5.41 Å². The van der Waals surface area contributed by atoms with E-state index in [1.165, 1.54) is 6.08 Å². The summed E-state index contributed by atoms with van der Waals surface area (Å²) in [6.45, 7) is 3.81. The number of hydrogen-bond acceptors (Lipinski definition) is 4. The zero-order valence-electron chi connectivity index (χ0n) is 8.99. The SMILES string of the molecule is CC/C(=C\[C@]1(C)CCCOC1=O)[N+](=O)[O-]. The van der Waals surface area contributed by atoms with E-state index in [1.807, 2.05) is 0 Å². The van der Waals surface area contributed by atoms with E-state index in [0.717, 1.165) is 6.42 Å². The summed E-state index contributed by atoms with van der Waals surface area (Å²) >= 11 is 0. The molecule has 5 heteroatoms. The highest BCUT2D eigenvalue weighted by molar-refractivity contribution is 5.79. The van der Waals surface area contributed by atoms with Gasteiger partial charge in [0, 0.05) is 12.5 Å². The highest BCUT2D eigenvalue weighted by Crippen LogP contribution is 2.32. The maximum atomic E-state index is 11.5. The summed E-state index contributed by atoms with van der Waals surface area (Å²) in [5.41, 5.74) is -0.743. The van der Waals surface area contributed by atoms with Crippen molar-refractivity contribution < 1.29 is 14.5 Å². The van der Waals surface area contributed by atoms with Gasteiger partial charge in [0.15, 0.2) is 0 Å². The Morgan fingerprint density at radius 1 is 1.73 bits per heavy atom. The Morgan fingerprint density at radius 3 is 2.87 bits per heavy atom. The van der Waals surface area contributed by atoms with Crippen LogP contribution in [0.5, 0.6) is 0 Å². The molecule has 0 aliphatic carbocycles. The number of rotatable bonds is 3. The molecule has 1 saturated heterocycles. The quantitative estimate of drug-likeness (QED) is 0.408. The first-order valence-corrected chi connectivity index (χ1v) is 5.03. The molecule has 15 heavy (non-hydrogen) atoms. The van der Waals surface area contributed by atoms with E-state index < -0.39 is 10.3 Å². The topological polar surface area (TPSA) is 69.4 Å². The Labute approximate surface area is 88.3 Å². The van der Waals surface area contributed by atoms with Crippen LogP contribution in [-0.4, -0.2) is 17.5 Å². The highest BCUT2D eigenvalue weighted by Gasteiger charge is 2.37. The van der Waals surface area contributed by atoms with Gasteiger partial charge in [-0.3, -0.25) is 14.9 Å². The van der Waals surface area contributed by atoms with Crippen molar-refractivity contribution >= 4 is 5.97 Å². The van der Waals surface area contributed by atoms with Crippen LogP contribution in [-0.2, 0) is 9.53 Å². The monoisotopic (exact) mass is 213 g/mol. The Bertz CT molecular complexity index is 311. The molecule has 1 atom stereocenters. The number of nitrogens with zero attached hydrogens (tertiary/aromatic N) is 1. The van der Waals surface area contributed by atoms with E-state index >= 15 is 0 Å². The number of esters is 1. The van der Waals surface area contributed by atoms with Gasteiger partial charge in [-0.05, 0) is 19.8 Å². The molecule has 1 aliphatic rings. The number of hydrogen-bond donors (Lipinski definition) is 0. The minimum absolute atomic E-state index is 0.0800. The first-order valence-electron chi connectivity index (χ1n) is 5.03. The van der Waals surface area contributed by atoms with E-state index in [2.05, 4.69) is 0 Å². The number of cyclic esters (lactones) is 1. The van der Waals surface area contributed by atoms with Crippen LogP contribution in [0.25, 0.3) is 0 Å². The highest BCUT2D eigenvalue weighted by atomic mass is 16.6. The summed E-state index contributed by atoms with van der Waals surface area (Å²) in [5, 5.41) is 10.6. The molecule has 0 unspecified atom stereocenters. The van der Waals surface area contributed by atoms with Gasteiger partial charge >= 0.3 is 5.97 Å². The smallest absolute Gasteiger partial charge is 0.315 e. The molecular formula is C10H15NO4. The van der Waals surface area contributed by atoms with Crippen LogP contribution >= 0.6 is 0 Å². The predicted molar refractivity (Wildman–Crippen MR) is 53.7 cm³/mol. The predicted octanol–water partition coefficient (Wildman–Crippen LogP) is 1.90. The second-order valence-electron chi connectivity index (χ2n) is 3.90. The molecule has 1 aliphatic heterocycles. The lowest BCUT2D eigenvalue weighted by Gasteiger charge is -2.27. The molecule has 0 aromatic carbocycles. The third kappa shape index (κ3) is 2.55. The van der Waals surface area contributed by atoms with Crippen LogP contribution in [0.2, 0.25) is 0 Å². The molecule has 5 nitrogen and oxygen atoms in total. The molecule has 0 spiro atoms. The number of ether oxygens (including phenoxy) is 1. The van der Waals surface area contributed by atoms with Crippen molar-refractivity contribution in [1.29, 1.82) is 0 Å². The van der Waals surface area contributed by atoms with Gasteiger partial charge in [0.1, 0.15) is 0 Å². The molecule has 1 fully saturated rings. The van der Waals surface area contributed by atoms with Crippen LogP contribution < -0.4 is 0 Å². The maximum Gasteiger partial charge on any atom is 0.315 e. The largest absolute Gasteiger partial charge is 0.465 e. The Kier molecular flexibility index (Phi) is 3.44. The molecule has 0 amide bonds. The fraction of sp³-hybridized carbons (Fsp3) is 0.700. The maximum absolute atomic E-state index is 11.5. The Balaban J connectivity index is 2.93. The van der Waals surface area contributed by atoms with Gasteiger partial charge in [-0.25, -0.2) is 0 Å². The van der Waals surface area contributed by atoms with Gasteiger partial charge in [0.2, 0.25) is 5.70 Å². The lowest BCUT2D eigenvalue weighted by atomic mass is 9.83. The minimum Gasteiger partial charge on any atom is -0.465 e. The molecule has 1 heterocycles. The van der Waals surface area contributed by atoms with Gasteiger partial charge in [-0.2, -0.15) is 0 Å². The van der Waals surface area contributed by atoms with Crippen LogP contribution in [0.15, 0.2) is 11.8 Å².